The lowest BCUT2D eigenvalue weighted by Crippen LogP contribution is -2.28. The van der Waals surface area contributed by atoms with Crippen LogP contribution in [0.15, 0.2) is 35.6 Å². The molecule has 3 rings (SSSR count). The average Bonchev–Trinajstić information content (AvgIpc) is 2.90. The summed E-state index contributed by atoms with van der Waals surface area (Å²) in [7, 11) is 7.76. The molecule has 0 atom stereocenters. The predicted molar refractivity (Wildman–Crippen MR) is 101 cm³/mol. The SMILES string of the molecule is BC(B)(B)c1ccc(S(=O)(=O)Cl)cc1-c1cnc2c(N)ncnn12. The quantitative estimate of drug-likeness (QED) is 0.442. The van der Waals surface area contributed by atoms with Crippen LogP contribution >= 0.6 is 10.7 Å². The fraction of sp³-hybridized carbons (Fsp3) is 0.0833. The number of nitrogens with zero attached hydrogens (tertiary/aromatic N) is 4. The summed E-state index contributed by atoms with van der Waals surface area (Å²) in [6.07, 6.45) is 2.92. The van der Waals surface area contributed by atoms with Crippen LogP contribution < -0.4 is 5.73 Å². The zero-order chi connectivity index (χ0) is 17.7. The maximum Gasteiger partial charge on any atom is 0.261 e. The molecule has 0 unspecified atom stereocenters. The van der Waals surface area contributed by atoms with E-state index in [0.29, 0.717) is 16.9 Å². The van der Waals surface area contributed by atoms with E-state index < -0.39 is 9.05 Å². The van der Waals surface area contributed by atoms with Crippen molar-refractivity contribution in [2.75, 3.05) is 5.73 Å². The van der Waals surface area contributed by atoms with Gasteiger partial charge in [-0.2, -0.15) is 5.10 Å². The molecule has 0 aliphatic rings. The number of fused-ring (bicyclic) bond motifs is 1. The van der Waals surface area contributed by atoms with Crippen molar-refractivity contribution in [3.8, 4) is 11.3 Å². The Kier molecular flexibility index (Phi) is 3.88. The summed E-state index contributed by atoms with van der Waals surface area (Å²) >= 11 is 0. The molecule has 0 saturated carbocycles. The second-order valence-electron chi connectivity index (χ2n) is 6.42. The van der Waals surface area contributed by atoms with Crippen LogP contribution in [-0.4, -0.2) is 51.5 Å². The molecule has 2 N–H and O–H groups in total. The van der Waals surface area contributed by atoms with Crippen LogP contribution in [0.25, 0.3) is 16.9 Å². The van der Waals surface area contributed by atoms with Gasteiger partial charge in [-0.1, -0.05) is 16.7 Å². The van der Waals surface area contributed by atoms with Crippen molar-refractivity contribution in [1.29, 1.82) is 0 Å². The van der Waals surface area contributed by atoms with E-state index in [-0.39, 0.29) is 15.8 Å². The summed E-state index contributed by atoms with van der Waals surface area (Å²) in [6.45, 7) is 0. The van der Waals surface area contributed by atoms with Crippen LogP contribution in [0.3, 0.4) is 0 Å². The lowest BCUT2D eigenvalue weighted by Gasteiger charge is -2.23. The maximum atomic E-state index is 11.7. The average molecular weight is 359 g/mol. The number of hydrogen-bond donors (Lipinski definition) is 1. The number of rotatable bonds is 3. The topological polar surface area (TPSA) is 103 Å². The number of nitrogens with two attached hydrogens (primary N) is 1. The van der Waals surface area contributed by atoms with Crippen LogP contribution in [0.4, 0.5) is 5.82 Å². The minimum absolute atomic E-state index is 0.0177. The van der Waals surface area contributed by atoms with Gasteiger partial charge in [-0.3, -0.25) is 0 Å². The van der Waals surface area contributed by atoms with E-state index in [1.54, 1.807) is 12.3 Å². The van der Waals surface area contributed by atoms with Crippen molar-refractivity contribution in [1.82, 2.24) is 19.6 Å². The van der Waals surface area contributed by atoms with Gasteiger partial charge >= 0.3 is 0 Å². The van der Waals surface area contributed by atoms with E-state index in [2.05, 4.69) is 15.1 Å². The number of anilines is 1. The van der Waals surface area contributed by atoms with Gasteiger partial charge in [0, 0.05) is 16.2 Å². The van der Waals surface area contributed by atoms with Crippen molar-refractivity contribution < 1.29 is 8.42 Å². The third-order valence-electron chi connectivity index (χ3n) is 3.69. The molecule has 0 aliphatic carbocycles. The normalized spacial score (nSPS) is 12.5. The molecular weight excluding hydrogens is 346 g/mol. The van der Waals surface area contributed by atoms with Gasteiger partial charge < -0.3 is 5.73 Å². The number of nitrogen functional groups attached to an aromatic ring is 1. The van der Waals surface area contributed by atoms with E-state index in [0.717, 1.165) is 5.56 Å². The monoisotopic (exact) mass is 359 g/mol. The first kappa shape index (κ1) is 16.8. The lowest BCUT2D eigenvalue weighted by atomic mass is 9.39. The Labute approximate surface area is 146 Å². The Morgan fingerprint density at radius 2 is 1.92 bits per heavy atom. The number of hydrogen-bond acceptors (Lipinski definition) is 6. The Balaban J connectivity index is 2.37. The lowest BCUT2D eigenvalue weighted by molar-refractivity contribution is 0.609. The molecule has 0 saturated heterocycles. The number of imidazole rings is 1. The summed E-state index contributed by atoms with van der Waals surface area (Å²) < 4.78 is 25.0. The Bertz CT molecular complexity index is 1050. The zero-order valence-electron chi connectivity index (χ0n) is 13.4. The van der Waals surface area contributed by atoms with Crippen LogP contribution in [0.2, 0.25) is 0 Å². The van der Waals surface area contributed by atoms with Crippen LogP contribution in [0, 0.1) is 0 Å². The van der Waals surface area contributed by atoms with Crippen LogP contribution in [0.1, 0.15) is 5.56 Å². The van der Waals surface area contributed by atoms with Gasteiger partial charge in [0.15, 0.2) is 11.5 Å². The molecule has 2 aromatic heterocycles. The van der Waals surface area contributed by atoms with Gasteiger partial charge in [0.05, 0.1) is 40.3 Å². The third-order valence-corrected chi connectivity index (χ3v) is 5.04. The van der Waals surface area contributed by atoms with E-state index in [4.69, 9.17) is 16.4 Å². The Morgan fingerprint density at radius 3 is 2.54 bits per heavy atom. The molecule has 0 amide bonds. The summed E-state index contributed by atoms with van der Waals surface area (Å²) in [5.74, 6) is 0.245. The molecule has 0 aliphatic heterocycles. The molecule has 3 aromatic rings. The van der Waals surface area contributed by atoms with Crippen molar-refractivity contribution in [3.05, 3.63) is 36.3 Å². The van der Waals surface area contributed by atoms with Gasteiger partial charge in [0.25, 0.3) is 9.05 Å². The molecule has 0 radical (unpaired) electrons. The van der Waals surface area contributed by atoms with Crippen molar-refractivity contribution in [2.45, 2.75) is 10.0 Å². The van der Waals surface area contributed by atoms with E-state index in [1.165, 1.54) is 23.0 Å². The highest BCUT2D eigenvalue weighted by molar-refractivity contribution is 8.13. The molecule has 2 heterocycles. The second-order valence-corrected chi connectivity index (χ2v) is 8.99. The fourth-order valence-corrected chi connectivity index (χ4v) is 3.34. The molecule has 12 heteroatoms. The highest BCUT2D eigenvalue weighted by Gasteiger charge is 2.24. The number of aromatic nitrogens is 4. The Morgan fingerprint density at radius 1 is 1.21 bits per heavy atom. The van der Waals surface area contributed by atoms with E-state index in [9.17, 15) is 8.42 Å². The zero-order valence-corrected chi connectivity index (χ0v) is 14.9. The van der Waals surface area contributed by atoms with Crippen LogP contribution in [0.5, 0.6) is 0 Å². The first-order valence-electron chi connectivity index (χ1n) is 7.13. The summed E-state index contributed by atoms with van der Waals surface area (Å²) in [5, 5.41) is 3.94. The largest absolute Gasteiger partial charge is 0.381 e. The predicted octanol–water partition coefficient (Wildman–Crippen LogP) is -1.69. The molecule has 0 fully saturated rings. The molecular formula is C12H13B3ClN5O2S. The van der Waals surface area contributed by atoms with Gasteiger partial charge in [0.2, 0.25) is 0 Å². The van der Waals surface area contributed by atoms with Crippen LogP contribution in [-0.2, 0) is 14.2 Å². The number of benzene rings is 1. The summed E-state index contributed by atoms with van der Waals surface area (Å²) in [4.78, 5) is 8.17. The van der Waals surface area contributed by atoms with Gasteiger partial charge in [-0.05, 0) is 12.1 Å². The molecule has 1 aromatic carbocycles. The number of halogens is 1. The molecule has 24 heavy (non-hydrogen) atoms. The highest BCUT2D eigenvalue weighted by atomic mass is 35.7. The third kappa shape index (κ3) is 2.89. The van der Waals surface area contributed by atoms with Crippen molar-refractivity contribution in [2.24, 2.45) is 0 Å². The van der Waals surface area contributed by atoms with Crippen molar-refractivity contribution >= 4 is 54.7 Å². The smallest absolute Gasteiger partial charge is 0.261 e. The second kappa shape index (κ2) is 5.53. The fourth-order valence-electron chi connectivity index (χ4n) is 2.56. The maximum absolute atomic E-state index is 11.7. The minimum Gasteiger partial charge on any atom is -0.381 e. The van der Waals surface area contributed by atoms with Gasteiger partial charge in [-0.25, -0.2) is 22.9 Å². The minimum atomic E-state index is -3.85. The Hall–Kier alpha value is -2.00. The molecule has 0 bridgehead atoms. The van der Waals surface area contributed by atoms with Gasteiger partial charge in [-0.15, -0.1) is 0 Å². The summed E-state index contributed by atoms with van der Waals surface area (Å²) in [5.41, 5.74) is 8.46. The summed E-state index contributed by atoms with van der Waals surface area (Å²) in [6, 6.07) is 4.79. The first-order chi connectivity index (χ1) is 11.1. The van der Waals surface area contributed by atoms with Gasteiger partial charge in [0.1, 0.15) is 6.33 Å². The van der Waals surface area contributed by atoms with E-state index >= 15 is 0 Å². The van der Waals surface area contributed by atoms with E-state index in [1.807, 2.05) is 23.5 Å². The van der Waals surface area contributed by atoms with Crippen molar-refractivity contribution in [3.63, 3.8) is 0 Å². The molecule has 120 valence electrons. The standard InChI is InChI=1S/C12H13B3ClN5O2S/c13-12(14,15)8-2-1-6(24(16,22)23)3-7(8)9-4-18-11-10(17)19-5-20-21(9)11/h1-5H,13-15H2,(H2,17,19,20). The highest BCUT2D eigenvalue weighted by Crippen LogP contribution is 2.32. The first-order valence-corrected chi connectivity index (χ1v) is 9.44. The molecule has 7 nitrogen and oxygen atoms in total. The molecule has 0 spiro atoms.